The van der Waals surface area contributed by atoms with Gasteiger partial charge in [0.25, 0.3) is 11.8 Å². The van der Waals surface area contributed by atoms with Crippen LogP contribution in [0, 0.1) is 30.6 Å². The number of phenolic OH excluding ortho intramolecular Hbond substituents is 1. The van der Waals surface area contributed by atoms with Crippen molar-refractivity contribution < 1.29 is 29.1 Å². The van der Waals surface area contributed by atoms with Gasteiger partial charge >= 0.3 is 6.03 Å². The molecule has 3 aromatic carbocycles. The minimum absolute atomic E-state index is 0.0436. The maximum Gasteiger partial charge on any atom is 0.328 e. The Balaban J connectivity index is 1.47. The summed E-state index contributed by atoms with van der Waals surface area (Å²) >= 11 is 6.48. The summed E-state index contributed by atoms with van der Waals surface area (Å²) in [4.78, 5) is 69.0. The number of halogens is 1. The quantitative estimate of drug-likeness (QED) is 0.287. The Morgan fingerprint density at radius 2 is 1.67 bits per heavy atom. The third-order valence-corrected chi connectivity index (χ3v) is 10.1. The molecule has 3 fully saturated rings. The molecule has 6 atom stereocenters. The number of hydrogen-bond donors (Lipinski definition) is 3. The molecule has 0 spiro atoms. The number of benzene rings is 3. The first-order valence-electron chi connectivity index (χ1n) is 14.7. The van der Waals surface area contributed by atoms with Crippen LogP contribution in [0.2, 0.25) is 5.02 Å². The van der Waals surface area contributed by atoms with E-state index in [0.717, 1.165) is 10.6 Å². The number of rotatable bonds is 4. The van der Waals surface area contributed by atoms with Crippen LogP contribution in [0.3, 0.4) is 0 Å². The van der Waals surface area contributed by atoms with Gasteiger partial charge < -0.3 is 10.8 Å². The lowest BCUT2D eigenvalue weighted by molar-refractivity contribution is -0.139. The Bertz CT molecular complexity index is 1830. The summed E-state index contributed by atoms with van der Waals surface area (Å²) in [6.07, 6.45) is 1.98. The van der Waals surface area contributed by atoms with Gasteiger partial charge in [-0.2, -0.15) is 9.91 Å². The zero-order chi connectivity index (χ0) is 31.8. The SMILES string of the molecule is Cc1ccc(NN2C(=O)[C@@H]3C[C@@H]4C(=CC[C@@H]5C(=O)N(C(N)=O)C(=O)[C@@H]54)[C@H](c4cc(Cl)ccc4O)[C@]3(c3ccccc3)C2=O)cc1. The van der Waals surface area contributed by atoms with Crippen molar-refractivity contribution in [3.63, 3.8) is 0 Å². The van der Waals surface area contributed by atoms with Crippen LogP contribution in [0.25, 0.3) is 0 Å². The normalized spacial score (nSPS) is 28.8. The fourth-order valence-corrected chi connectivity index (χ4v) is 8.25. The molecule has 2 aliphatic carbocycles. The molecule has 1 saturated carbocycles. The zero-order valence-electron chi connectivity index (χ0n) is 24.1. The molecule has 45 heavy (non-hydrogen) atoms. The van der Waals surface area contributed by atoms with Crippen LogP contribution in [0.1, 0.15) is 35.4 Å². The van der Waals surface area contributed by atoms with Crippen molar-refractivity contribution in [3.05, 3.63) is 106 Å². The minimum atomic E-state index is -1.55. The van der Waals surface area contributed by atoms with Crippen LogP contribution in [-0.2, 0) is 24.6 Å². The van der Waals surface area contributed by atoms with E-state index < -0.39 is 64.7 Å². The molecule has 2 aliphatic heterocycles. The van der Waals surface area contributed by atoms with Gasteiger partial charge in [-0.25, -0.2) is 4.79 Å². The van der Waals surface area contributed by atoms with Crippen molar-refractivity contribution in [3.8, 4) is 5.75 Å². The van der Waals surface area contributed by atoms with Gasteiger partial charge in [0, 0.05) is 16.5 Å². The molecule has 4 N–H and O–H groups in total. The fourth-order valence-electron chi connectivity index (χ4n) is 8.07. The smallest absolute Gasteiger partial charge is 0.328 e. The Kier molecular flexibility index (Phi) is 6.59. The standard InChI is InChI=1S/C34H29ClN4O6/c1-17-7-10-20(11-8-17)37-39-30(42)25-16-23-21(12-13-22-27(23)31(43)38(29(22)41)33(36)45)28(24-15-19(35)9-14-26(24)40)34(25,32(39)44)18-5-3-2-4-6-18/h2-12,14-15,22-23,25,27-28,37,40H,13,16H2,1H3,(H2,36,45)/t22-,23+,25-,27-,28+,34+/m0/s1. The first-order valence-corrected chi connectivity index (χ1v) is 15.1. The number of fused-ring (bicyclic) bond motifs is 4. The highest BCUT2D eigenvalue weighted by Crippen LogP contribution is 2.65. The van der Waals surface area contributed by atoms with Crippen molar-refractivity contribution in [1.82, 2.24) is 9.91 Å². The molecule has 4 aliphatic rings. The second kappa shape index (κ2) is 10.3. The molecule has 2 heterocycles. The van der Waals surface area contributed by atoms with E-state index in [4.69, 9.17) is 17.3 Å². The average molecular weight is 625 g/mol. The second-order valence-electron chi connectivity index (χ2n) is 12.1. The van der Waals surface area contributed by atoms with Gasteiger partial charge in [0.2, 0.25) is 11.8 Å². The van der Waals surface area contributed by atoms with Crippen molar-refractivity contribution in [1.29, 1.82) is 0 Å². The Labute approximate surface area is 263 Å². The third-order valence-electron chi connectivity index (χ3n) is 9.91. The summed E-state index contributed by atoms with van der Waals surface area (Å²) in [6.45, 7) is 1.92. The van der Waals surface area contributed by atoms with E-state index in [-0.39, 0.29) is 18.6 Å². The maximum absolute atomic E-state index is 15.0. The number of aryl methyl sites for hydroxylation is 1. The van der Waals surface area contributed by atoms with Crippen molar-refractivity contribution in [2.45, 2.75) is 31.1 Å². The maximum atomic E-state index is 15.0. The first kappa shape index (κ1) is 28.8. The molecule has 0 radical (unpaired) electrons. The molecule has 228 valence electrons. The summed E-state index contributed by atoms with van der Waals surface area (Å²) in [5, 5.41) is 12.7. The van der Waals surface area contributed by atoms with E-state index in [0.29, 0.717) is 32.3 Å². The van der Waals surface area contributed by atoms with Crippen molar-refractivity contribution in [2.24, 2.45) is 29.4 Å². The highest BCUT2D eigenvalue weighted by molar-refractivity contribution is 6.30. The van der Waals surface area contributed by atoms with Gasteiger partial charge in [-0.3, -0.25) is 24.6 Å². The Morgan fingerprint density at radius 1 is 0.956 bits per heavy atom. The van der Waals surface area contributed by atoms with Crippen LogP contribution in [0.5, 0.6) is 5.75 Å². The lowest BCUT2D eigenvalue weighted by Crippen LogP contribution is -2.53. The number of likely N-dealkylation sites (tertiary alicyclic amines) is 1. The van der Waals surface area contributed by atoms with Crippen LogP contribution in [0.4, 0.5) is 10.5 Å². The number of carbonyl (C=O) groups is 5. The number of imide groups is 4. The molecule has 0 unspecified atom stereocenters. The fraction of sp³-hybridized carbons (Fsp3) is 0.265. The average Bonchev–Trinajstić information content (AvgIpc) is 3.41. The third kappa shape index (κ3) is 4.05. The number of phenols is 1. The number of urea groups is 1. The van der Waals surface area contributed by atoms with E-state index in [1.807, 2.05) is 31.2 Å². The number of nitrogens with one attached hydrogen (secondary N) is 1. The molecule has 0 aromatic heterocycles. The van der Waals surface area contributed by atoms with E-state index >= 15 is 0 Å². The highest BCUT2D eigenvalue weighted by Gasteiger charge is 2.70. The molecule has 6 amide bonds. The molecule has 0 bridgehead atoms. The number of anilines is 1. The monoisotopic (exact) mass is 624 g/mol. The van der Waals surface area contributed by atoms with Gasteiger partial charge in [-0.05, 0) is 61.6 Å². The van der Waals surface area contributed by atoms with Gasteiger partial charge in [0.05, 0.1) is 28.9 Å². The largest absolute Gasteiger partial charge is 0.508 e. The topological polar surface area (TPSA) is 150 Å². The van der Waals surface area contributed by atoms with Crippen molar-refractivity contribution >= 4 is 46.9 Å². The minimum Gasteiger partial charge on any atom is -0.508 e. The number of hydrogen-bond acceptors (Lipinski definition) is 7. The number of allylic oxidation sites excluding steroid dienone is 2. The number of carbonyl (C=O) groups excluding carboxylic acids is 5. The van der Waals surface area contributed by atoms with Gasteiger partial charge in [-0.1, -0.05) is 71.3 Å². The van der Waals surface area contributed by atoms with Crippen molar-refractivity contribution in [2.75, 3.05) is 5.43 Å². The lowest BCUT2D eigenvalue weighted by Gasteiger charge is -2.50. The predicted octanol–water partition coefficient (Wildman–Crippen LogP) is 4.42. The van der Waals surface area contributed by atoms with Gasteiger partial charge in [0.1, 0.15) is 5.75 Å². The summed E-state index contributed by atoms with van der Waals surface area (Å²) in [5.41, 5.74) is 9.93. The predicted molar refractivity (Wildman–Crippen MR) is 163 cm³/mol. The van der Waals surface area contributed by atoms with Gasteiger partial charge in [-0.15, -0.1) is 0 Å². The molecule has 10 nitrogen and oxygen atoms in total. The highest BCUT2D eigenvalue weighted by atomic mass is 35.5. The van der Waals surface area contributed by atoms with E-state index in [9.17, 15) is 29.1 Å². The Morgan fingerprint density at radius 3 is 2.36 bits per heavy atom. The summed E-state index contributed by atoms with van der Waals surface area (Å²) in [7, 11) is 0. The number of amides is 6. The molecular formula is C34H29ClN4O6. The van der Waals surface area contributed by atoms with Crippen LogP contribution < -0.4 is 11.2 Å². The zero-order valence-corrected chi connectivity index (χ0v) is 24.9. The Hall–Kier alpha value is -4.96. The summed E-state index contributed by atoms with van der Waals surface area (Å²) in [5.74, 6) is -7.05. The molecule has 7 rings (SSSR count). The number of aromatic hydroxyl groups is 1. The van der Waals surface area contributed by atoms with Crippen LogP contribution in [-0.4, -0.2) is 44.7 Å². The summed E-state index contributed by atoms with van der Waals surface area (Å²) in [6, 6.07) is 19.6. The van der Waals surface area contributed by atoms with E-state index in [1.165, 1.54) is 12.1 Å². The second-order valence-corrected chi connectivity index (χ2v) is 12.6. The van der Waals surface area contributed by atoms with E-state index in [2.05, 4.69) is 5.43 Å². The number of primary amides is 1. The molecule has 3 aromatic rings. The molecule has 2 saturated heterocycles. The number of nitrogens with zero attached hydrogens (tertiary/aromatic N) is 2. The lowest BCUT2D eigenvalue weighted by atomic mass is 9.49. The molecule has 11 heteroatoms. The van der Waals surface area contributed by atoms with E-state index in [1.54, 1.807) is 42.5 Å². The summed E-state index contributed by atoms with van der Waals surface area (Å²) < 4.78 is 0. The first-order chi connectivity index (χ1) is 21.5. The van der Waals surface area contributed by atoms with Crippen LogP contribution >= 0.6 is 11.6 Å². The van der Waals surface area contributed by atoms with Crippen LogP contribution in [0.15, 0.2) is 84.4 Å². The van der Waals surface area contributed by atoms with Gasteiger partial charge in [0.15, 0.2) is 0 Å². The number of hydrazine groups is 1. The molecular weight excluding hydrogens is 596 g/mol. The number of nitrogens with two attached hydrogens (primary N) is 1.